The molecule has 4 atom stereocenters. The highest BCUT2D eigenvalue weighted by atomic mass is 16.5. The van der Waals surface area contributed by atoms with Crippen LogP contribution in [-0.4, -0.2) is 38.0 Å². The molecule has 0 spiro atoms. The second-order valence-corrected chi connectivity index (χ2v) is 4.55. The summed E-state index contributed by atoms with van der Waals surface area (Å²) in [5.74, 6) is 0.697. The van der Waals surface area contributed by atoms with Gasteiger partial charge in [-0.15, -0.1) is 0 Å². The lowest BCUT2D eigenvalue weighted by atomic mass is 9.99. The Kier molecular flexibility index (Phi) is 3.42. The highest BCUT2D eigenvalue weighted by Gasteiger charge is 2.29. The third kappa shape index (κ3) is 2.27. The second kappa shape index (κ2) is 4.60. The molecule has 14 heavy (non-hydrogen) atoms. The Hall–Kier alpha value is -0.120. The summed E-state index contributed by atoms with van der Waals surface area (Å²) >= 11 is 0. The lowest BCUT2D eigenvalue weighted by Crippen LogP contribution is -2.44. The van der Waals surface area contributed by atoms with Gasteiger partial charge in [0, 0.05) is 25.3 Å². The summed E-state index contributed by atoms with van der Waals surface area (Å²) in [6.45, 7) is 7.20. The Morgan fingerprint density at radius 2 is 2.14 bits per heavy atom. The second-order valence-electron chi connectivity index (χ2n) is 4.55. The molecule has 2 aliphatic heterocycles. The number of hydrogen-bond acceptors (Lipinski definition) is 3. The van der Waals surface area contributed by atoms with Crippen molar-refractivity contribution in [3.05, 3.63) is 0 Å². The van der Waals surface area contributed by atoms with Crippen LogP contribution < -0.4 is 5.32 Å². The maximum atomic E-state index is 5.54. The Balaban J connectivity index is 1.78. The van der Waals surface area contributed by atoms with Crippen molar-refractivity contribution in [2.24, 2.45) is 5.92 Å². The van der Waals surface area contributed by atoms with Gasteiger partial charge in [0.15, 0.2) is 0 Å². The standard InChI is InChI=1S/C11H21NO2/c1-8(10-3-5-13-7-10)12-11-4-6-14-9(11)2/h8-12H,3-7H2,1-2H3. The van der Waals surface area contributed by atoms with Crippen molar-refractivity contribution in [3.8, 4) is 0 Å². The highest BCUT2D eigenvalue weighted by Crippen LogP contribution is 2.19. The van der Waals surface area contributed by atoms with Crippen LogP contribution in [0.2, 0.25) is 0 Å². The van der Waals surface area contributed by atoms with Crippen LogP contribution >= 0.6 is 0 Å². The molecule has 3 heteroatoms. The minimum absolute atomic E-state index is 0.375. The van der Waals surface area contributed by atoms with Gasteiger partial charge in [0.1, 0.15) is 0 Å². The van der Waals surface area contributed by atoms with Crippen molar-refractivity contribution in [1.82, 2.24) is 5.32 Å². The Morgan fingerprint density at radius 3 is 2.71 bits per heavy atom. The lowest BCUT2D eigenvalue weighted by Gasteiger charge is -2.25. The molecule has 0 aromatic heterocycles. The molecule has 4 unspecified atom stereocenters. The minimum Gasteiger partial charge on any atom is -0.381 e. The van der Waals surface area contributed by atoms with Gasteiger partial charge >= 0.3 is 0 Å². The Labute approximate surface area is 86.2 Å². The summed E-state index contributed by atoms with van der Waals surface area (Å²) in [6.07, 6.45) is 2.73. The first kappa shape index (κ1) is 10.4. The SMILES string of the molecule is CC(NC1CCOC1C)C1CCOC1. The maximum Gasteiger partial charge on any atom is 0.0700 e. The monoisotopic (exact) mass is 199 g/mol. The molecule has 2 saturated heterocycles. The minimum atomic E-state index is 0.375. The smallest absolute Gasteiger partial charge is 0.0700 e. The van der Waals surface area contributed by atoms with Gasteiger partial charge < -0.3 is 14.8 Å². The van der Waals surface area contributed by atoms with Gasteiger partial charge in [-0.3, -0.25) is 0 Å². The van der Waals surface area contributed by atoms with E-state index in [9.17, 15) is 0 Å². The number of rotatable bonds is 3. The van der Waals surface area contributed by atoms with Crippen LogP contribution in [0.4, 0.5) is 0 Å². The fourth-order valence-electron chi connectivity index (χ4n) is 2.37. The number of nitrogens with one attached hydrogen (secondary N) is 1. The van der Waals surface area contributed by atoms with Gasteiger partial charge in [0.25, 0.3) is 0 Å². The quantitative estimate of drug-likeness (QED) is 0.740. The average Bonchev–Trinajstić information content (AvgIpc) is 2.77. The van der Waals surface area contributed by atoms with E-state index in [-0.39, 0.29) is 0 Å². The molecule has 0 bridgehead atoms. The largest absolute Gasteiger partial charge is 0.381 e. The van der Waals surface area contributed by atoms with E-state index in [1.807, 2.05) is 0 Å². The molecule has 3 nitrogen and oxygen atoms in total. The molecule has 82 valence electrons. The fourth-order valence-corrected chi connectivity index (χ4v) is 2.37. The third-order valence-electron chi connectivity index (χ3n) is 3.53. The summed E-state index contributed by atoms with van der Waals surface area (Å²) < 4.78 is 10.9. The predicted octanol–water partition coefficient (Wildman–Crippen LogP) is 1.18. The van der Waals surface area contributed by atoms with Crippen LogP contribution in [0.25, 0.3) is 0 Å². The van der Waals surface area contributed by atoms with E-state index in [1.54, 1.807) is 0 Å². The van der Waals surface area contributed by atoms with E-state index >= 15 is 0 Å². The summed E-state index contributed by atoms with van der Waals surface area (Å²) in [7, 11) is 0. The molecule has 1 N–H and O–H groups in total. The van der Waals surface area contributed by atoms with Crippen LogP contribution in [0, 0.1) is 5.92 Å². The Morgan fingerprint density at radius 1 is 1.29 bits per heavy atom. The van der Waals surface area contributed by atoms with Crippen molar-refractivity contribution in [2.45, 2.75) is 44.9 Å². The van der Waals surface area contributed by atoms with Gasteiger partial charge in [-0.25, -0.2) is 0 Å². The van der Waals surface area contributed by atoms with Crippen molar-refractivity contribution in [3.63, 3.8) is 0 Å². The topological polar surface area (TPSA) is 30.5 Å². The zero-order valence-corrected chi connectivity index (χ0v) is 9.16. The van der Waals surface area contributed by atoms with E-state index in [1.165, 1.54) is 6.42 Å². The molecular weight excluding hydrogens is 178 g/mol. The molecule has 2 rings (SSSR count). The van der Waals surface area contributed by atoms with Crippen molar-refractivity contribution in [2.75, 3.05) is 19.8 Å². The van der Waals surface area contributed by atoms with E-state index < -0.39 is 0 Å². The molecule has 2 fully saturated rings. The van der Waals surface area contributed by atoms with Crippen molar-refractivity contribution in [1.29, 1.82) is 0 Å². The van der Waals surface area contributed by atoms with Crippen molar-refractivity contribution < 1.29 is 9.47 Å². The predicted molar refractivity (Wildman–Crippen MR) is 55.3 cm³/mol. The molecule has 0 aromatic carbocycles. The first-order valence-electron chi connectivity index (χ1n) is 5.73. The van der Waals surface area contributed by atoms with Gasteiger partial charge in [-0.05, 0) is 32.6 Å². The number of hydrogen-bond donors (Lipinski definition) is 1. The van der Waals surface area contributed by atoms with E-state index in [0.717, 1.165) is 26.2 Å². The molecule has 2 aliphatic rings. The van der Waals surface area contributed by atoms with Crippen molar-refractivity contribution >= 4 is 0 Å². The molecule has 0 radical (unpaired) electrons. The van der Waals surface area contributed by atoms with Gasteiger partial charge in [-0.1, -0.05) is 0 Å². The fraction of sp³-hybridized carbons (Fsp3) is 1.00. The summed E-state index contributed by atoms with van der Waals surface area (Å²) in [5, 5.41) is 3.67. The highest BCUT2D eigenvalue weighted by molar-refractivity contribution is 4.85. The zero-order valence-electron chi connectivity index (χ0n) is 9.16. The average molecular weight is 199 g/mol. The van der Waals surface area contributed by atoms with Crippen LogP contribution in [-0.2, 0) is 9.47 Å². The molecule has 2 heterocycles. The molecule has 0 aromatic rings. The third-order valence-corrected chi connectivity index (χ3v) is 3.53. The maximum absolute atomic E-state index is 5.54. The molecule has 0 saturated carbocycles. The molecular formula is C11H21NO2. The van der Waals surface area contributed by atoms with E-state index in [2.05, 4.69) is 19.2 Å². The van der Waals surface area contributed by atoms with Crippen LogP contribution in [0.3, 0.4) is 0 Å². The summed E-state index contributed by atoms with van der Waals surface area (Å²) in [5.41, 5.74) is 0. The Bertz CT molecular complexity index is 180. The summed E-state index contributed by atoms with van der Waals surface area (Å²) in [6, 6.07) is 1.11. The van der Waals surface area contributed by atoms with Crippen LogP contribution in [0.1, 0.15) is 26.7 Å². The van der Waals surface area contributed by atoms with Crippen LogP contribution in [0.5, 0.6) is 0 Å². The van der Waals surface area contributed by atoms with Gasteiger partial charge in [0.05, 0.1) is 12.7 Å². The zero-order chi connectivity index (χ0) is 9.97. The summed E-state index contributed by atoms with van der Waals surface area (Å²) in [4.78, 5) is 0. The van der Waals surface area contributed by atoms with Crippen LogP contribution in [0.15, 0.2) is 0 Å². The normalized spacial score (nSPS) is 40.3. The van der Waals surface area contributed by atoms with E-state index in [4.69, 9.17) is 9.47 Å². The molecule has 0 amide bonds. The van der Waals surface area contributed by atoms with Gasteiger partial charge in [-0.2, -0.15) is 0 Å². The van der Waals surface area contributed by atoms with Gasteiger partial charge in [0.2, 0.25) is 0 Å². The number of ether oxygens (including phenoxy) is 2. The first-order chi connectivity index (χ1) is 6.77. The van der Waals surface area contributed by atoms with E-state index in [0.29, 0.717) is 24.1 Å². The lowest BCUT2D eigenvalue weighted by molar-refractivity contribution is 0.108. The first-order valence-corrected chi connectivity index (χ1v) is 5.73. The molecule has 0 aliphatic carbocycles.